The predicted octanol–water partition coefficient (Wildman–Crippen LogP) is 5.65. The van der Waals surface area contributed by atoms with Crippen molar-refractivity contribution in [1.82, 2.24) is 16.0 Å². The molecule has 13 nitrogen and oxygen atoms in total. The van der Waals surface area contributed by atoms with Crippen molar-refractivity contribution < 1.29 is 42.9 Å². The molecule has 5 N–H and O–H groups in total. The molecule has 0 aromatic heterocycles. The molecule has 0 saturated carbocycles. The molecule has 55 heavy (non-hydrogen) atoms. The number of carbonyl (C=O) groups is 5. The topological polar surface area (TPSA) is 184 Å². The van der Waals surface area contributed by atoms with E-state index < -0.39 is 73.8 Å². The number of hydrogen-bond donors (Lipinski definition) is 4. The quantitative estimate of drug-likeness (QED) is 0.0701. The second-order valence-corrected chi connectivity index (χ2v) is 22.5. The van der Waals surface area contributed by atoms with Gasteiger partial charge in [-0.3, -0.25) is 14.4 Å². The van der Waals surface area contributed by atoms with Crippen LogP contribution in [0.1, 0.15) is 78.5 Å². The van der Waals surface area contributed by atoms with Gasteiger partial charge < -0.3 is 40.6 Å². The van der Waals surface area contributed by atoms with Crippen LogP contribution in [0.25, 0.3) is 0 Å². The van der Waals surface area contributed by atoms with Crippen LogP contribution in [-0.4, -0.2) is 80.9 Å². The van der Waals surface area contributed by atoms with Crippen molar-refractivity contribution in [1.29, 1.82) is 0 Å². The number of benzene rings is 2. The molecule has 0 aliphatic rings. The summed E-state index contributed by atoms with van der Waals surface area (Å²) in [5.74, 6) is -3.05. The highest BCUT2D eigenvalue weighted by molar-refractivity contribution is 6.76. The largest absolute Gasteiger partial charge is 0.464 e. The van der Waals surface area contributed by atoms with Gasteiger partial charge in [-0.25, -0.2) is 9.59 Å². The summed E-state index contributed by atoms with van der Waals surface area (Å²) < 4.78 is 22.7. The maximum Gasteiger partial charge on any atom is 0.408 e. The molecule has 0 heterocycles. The van der Waals surface area contributed by atoms with Gasteiger partial charge in [0.1, 0.15) is 24.7 Å². The molecule has 2 aromatic rings. The Hall–Kier alpha value is -4.27. The zero-order chi connectivity index (χ0) is 41.3. The van der Waals surface area contributed by atoms with Crippen molar-refractivity contribution in [2.45, 2.75) is 129 Å². The van der Waals surface area contributed by atoms with E-state index in [4.69, 9.17) is 24.7 Å². The SMILES string of the molecule is CC(C)C[C@H](NC(=O)[C@@H](CC(C)C)NC(=O)OCc1ccccc1)C(=O)N[C@H](C(=O)OCC[Si](C)(C)C)[C@H](OC(=O)[C@@H](N)COC(C)(C)C)c1ccccc1. The highest BCUT2D eigenvalue weighted by atomic mass is 28.3. The van der Waals surface area contributed by atoms with Gasteiger partial charge >= 0.3 is 18.0 Å². The Balaban J connectivity index is 2.42. The number of hydrogen-bond acceptors (Lipinski definition) is 10. The van der Waals surface area contributed by atoms with Gasteiger partial charge in [-0.05, 0) is 62.6 Å². The van der Waals surface area contributed by atoms with Gasteiger partial charge in [-0.2, -0.15) is 0 Å². The lowest BCUT2D eigenvalue weighted by molar-refractivity contribution is -0.163. The van der Waals surface area contributed by atoms with E-state index in [0.717, 1.165) is 5.56 Å². The van der Waals surface area contributed by atoms with Crippen LogP contribution in [0.2, 0.25) is 25.7 Å². The smallest absolute Gasteiger partial charge is 0.408 e. The van der Waals surface area contributed by atoms with Crippen molar-refractivity contribution in [3.05, 3.63) is 71.8 Å². The first-order valence-corrected chi connectivity index (χ1v) is 22.8. The van der Waals surface area contributed by atoms with E-state index in [1.807, 2.05) is 78.8 Å². The van der Waals surface area contributed by atoms with Crippen LogP contribution >= 0.6 is 0 Å². The summed E-state index contributed by atoms with van der Waals surface area (Å²) in [4.78, 5) is 68.2. The predicted molar refractivity (Wildman–Crippen MR) is 214 cm³/mol. The third-order valence-electron chi connectivity index (χ3n) is 8.19. The number of alkyl carbamates (subject to hydrolysis) is 1. The normalized spacial score (nSPS) is 14.6. The van der Waals surface area contributed by atoms with Crippen molar-refractivity contribution in [3.63, 3.8) is 0 Å². The Bertz CT molecular complexity index is 1510. The van der Waals surface area contributed by atoms with Crippen molar-refractivity contribution in [3.8, 4) is 0 Å². The van der Waals surface area contributed by atoms with Crippen molar-refractivity contribution in [2.24, 2.45) is 17.6 Å². The average molecular weight is 785 g/mol. The highest BCUT2D eigenvalue weighted by Gasteiger charge is 2.39. The second-order valence-electron chi connectivity index (χ2n) is 16.8. The van der Waals surface area contributed by atoms with Gasteiger partial charge in [-0.15, -0.1) is 0 Å². The molecule has 0 unspecified atom stereocenters. The van der Waals surface area contributed by atoms with Crippen molar-refractivity contribution >= 4 is 37.9 Å². The lowest BCUT2D eigenvalue weighted by Gasteiger charge is -2.31. The number of nitrogens with one attached hydrogen (secondary N) is 3. The van der Waals surface area contributed by atoms with Crippen LogP contribution < -0.4 is 21.7 Å². The van der Waals surface area contributed by atoms with Crippen LogP contribution in [-0.2, 0) is 44.7 Å². The minimum absolute atomic E-state index is 0.000607. The Kier molecular flexibility index (Phi) is 19.0. The van der Waals surface area contributed by atoms with Gasteiger partial charge in [0, 0.05) is 8.07 Å². The molecule has 5 atom stereocenters. The summed E-state index contributed by atoms with van der Waals surface area (Å²) in [7, 11) is -1.63. The minimum atomic E-state index is -1.63. The molecule has 0 fully saturated rings. The first-order chi connectivity index (χ1) is 25.6. The van der Waals surface area contributed by atoms with Gasteiger partial charge in [0.15, 0.2) is 12.1 Å². The van der Waals surface area contributed by atoms with E-state index >= 15 is 0 Å². The number of carbonyl (C=O) groups excluding carboxylic acids is 5. The Morgan fingerprint density at radius 3 is 1.78 bits per heavy atom. The molecule has 0 radical (unpaired) electrons. The summed E-state index contributed by atoms with van der Waals surface area (Å²) in [5, 5.41) is 8.20. The molecule has 0 saturated heterocycles. The number of nitrogens with two attached hydrogens (primary N) is 1. The summed E-state index contributed by atoms with van der Waals surface area (Å²) in [6, 6.07) is 13.4. The zero-order valence-electron chi connectivity index (χ0n) is 34.3. The zero-order valence-corrected chi connectivity index (χ0v) is 35.3. The molecular formula is C41H64N4O9Si. The van der Waals surface area contributed by atoms with E-state index in [1.165, 1.54) is 0 Å². The molecule has 3 amide bonds. The first kappa shape index (κ1) is 46.9. The molecule has 14 heteroatoms. The third kappa shape index (κ3) is 18.7. The second kappa shape index (κ2) is 22.3. The number of ether oxygens (including phenoxy) is 4. The van der Waals surface area contributed by atoms with Gasteiger partial charge in [0.05, 0.1) is 18.8 Å². The Labute approximate surface area is 328 Å². The highest BCUT2D eigenvalue weighted by Crippen LogP contribution is 2.25. The Morgan fingerprint density at radius 2 is 1.25 bits per heavy atom. The van der Waals surface area contributed by atoms with E-state index in [2.05, 4.69) is 35.6 Å². The molecular weight excluding hydrogens is 721 g/mol. The summed E-state index contributed by atoms with van der Waals surface area (Å²) in [5.41, 5.74) is 6.79. The molecule has 2 rings (SSSR count). The fourth-order valence-corrected chi connectivity index (χ4v) is 5.95. The lowest BCUT2D eigenvalue weighted by Crippen LogP contribution is -2.57. The summed E-state index contributed by atoms with van der Waals surface area (Å²) >= 11 is 0. The van der Waals surface area contributed by atoms with E-state index in [-0.39, 0.29) is 44.5 Å². The van der Waals surface area contributed by atoms with Gasteiger partial charge in [-0.1, -0.05) is 108 Å². The van der Waals surface area contributed by atoms with Gasteiger partial charge in [0.25, 0.3) is 0 Å². The Morgan fingerprint density at radius 1 is 0.727 bits per heavy atom. The number of esters is 2. The molecule has 2 aromatic carbocycles. The average Bonchev–Trinajstić information content (AvgIpc) is 3.09. The minimum Gasteiger partial charge on any atom is -0.464 e. The number of rotatable bonds is 21. The standard InChI is InChI=1S/C41H64N4O9Si/c1-27(2)23-32(43-36(46)33(24-28(3)4)44-40(50)52-25-29-17-13-11-14-18-29)37(47)45-34(39(49)51-21-22-55(8,9)10)35(30-19-15-12-16-20-30)54-38(48)31(42)26-53-41(5,6)7/h11-20,27-28,31-35H,21-26,42H2,1-10H3,(H,43,46)(H,44,50)(H,45,47)/t31-,32-,33+,34-,35+/m0/s1. The van der Waals surface area contributed by atoms with E-state index in [1.54, 1.807) is 30.3 Å². The first-order valence-electron chi connectivity index (χ1n) is 19.0. The summed E-state index contributed by atoms with van der Waals surface area (Å²) in [6.07, 6.45) is -1.68. The fourth-order valence-electron chi connectivity index (χ4n) is 5.24. The van der Waals surface area contributed by atoms with E-state index in [0.29, 0.717) is 11.6 Å². The van der Waals surface area contributed by atoms with Crippen LogP contribution in [0.15, 0.2) is 60.7 Å². The van der Waals surface area contributed by atoms with Gasteiger partial charge in [0.2, 0.25) is 11.8 Å². The summed E-state index contributed by atoms with van der Waals surface area (Å²) in [6.45, 7) is 19.4. The lowest BCUT2D eigenvalue weighted by atomic mass is 9.98. The monoisotopic (exact) mass is 784 g/mol. The molecule has 0 spiro atoms. The third-order valence-corrected chi connectivity index (χ3v) is 9.89. The van der Waals surface area contributed by atoms with Crippen molar-refractivity contribution in [2.75, 3.05) is 13.2 Å². The van der Waals surface area contributed by atoms with Crippen LogP contribution in [0.3, 0.4) is 0 Å². The van der Waals surface area contributed by atoms with Crippen LogP contribution in [0, 0.1) is 11.8 Å². The molecule has 306 valence electrons. The van der Waals surface area contributed by atoms with E-state index in [9.17, 15) is 24.0 Å². The molecule has 0 bridgehead atoms. The maximum absolute atomic E-state index is 14.2. The molecule has 0 aliphatic carbocycles. The maximum atomic E-state index is 14.2. The molecule has 0 aliphatic heterocycles. The van der Waals surface area contributed by atoms with Crippen LogP contribution in [0.5, 0.6) is 0 Å². The van der Waals surface area contributed by atoms with Crippen LogP contribution in [0.4, 0.5) is 4.79 Å². The fraction of sp³-hybridized carbons (Fsp3) is 0.585. The number of amides is 3.